The van der Waals surface area contributed by atoms with Gasteiger partial charge in [-0.2, -0.15) is 0 Å². The van der Waals surface area contributed by atoms with E-state index in [9.17, 15) is 0 Å². The Hall–Kier alpha value is -0.500. The fourth-order valence-electron chi connectivity index (χ4n) is 1.56. The van der Waals surface area contributed by atoms with Crippen LogP contribution >= 0.6 is 11.8 Å². The second-order valence-corrected chi connectivity index (χ2v) is 4.96. The van der Waals surface area contributed by atoms with Gasteiger partial charge in [-0.3, -0.25) is 4.98 Å². The van der Waals surface area contributed by atoms with Crippen LogP contribution in [-0.4, -0.2) is 10.7 Å². The topological polar surface area (TPSA) is 12.9 Å². The van der Waals surface area contributed by atoms with Crippen molar-refractivity contribution in [1.29, 1.82) is 0 Å². The predicted molar refractivity (Wildman–Crippen MR) is 57.4 cm³/mol. The van der Waals surface area contributed by atoms with Crippen LogP contribution in [0, 0.1) is 0 Å². The summed E-state index contributed by atoms with van der Waals surface area (Å²) >= 11 is 1.98. The van der Waals surface area contributed by atoms with E-state index < -0.39 is 0 Å². The molecular weight excluding hydrogens is 178 g/mol. The maximum Gasteiger partial charge on any atom is 0.0440 e. The van der Waals surface area contributed by atoms with Gasteiger partial charge in [0, 0.05) is 16.8 Å². The normalized spacial score (nSPS) is 15.9. The van der Waals surface area contributed by atoms with E-state index in [-0.39, 0.29) is 0 Å². The number of hydrogen-bond donors (Lipinski definition) is 0. The van der Waals surface area contributed by atoms with Crippen molar-refractivity contribution < 1.29 is 0 Å². The summed E-state index contributed by atoms with van der Waals surface area (Å²) in [5.41, 5.74) is 2.67. The molecule has 0 aliphatic carbocycles. The lowest BCUT2D eigenvalue weighted by Crippen LogP contribution is -2.02. The molecule has 0 N–H and O–H groups in total. The fourth-order valence-corrected chi connectivity index (χ4v) is 2.62. The molecule has 0 saturated carbocycles. The number of nitrogens with zero attached hydrogens (tertiary/aromatic N) is 1. The minimum atomic E-state index is 0.549. The summed E-state index contributed by atoms with van der Waals surface area (Å²) in [4.78, 5) is 5.94. The molecule has 0 radical (unpaired) electrons. The molecule has 0 fully saturated rings. The van der Waals surface area contributed by atoms with Gasteiger partial charge in [-0.1, -0.05) is 13.8 Å². The lowest BCUT2D eigenvalue weighted by atomic mass is 10.1. The number of rotatable bonds is 1. The van der Waals surface area contributed by atoms with E-state index in [4.69, 9.17) is 0 Å². The Balaban J connectivity index is 2.35. The lowest BCUT2D eigenvalue weighted by Gasteiger charge is -2.16. The van der Waals surface area contributed by atoms with Crippen molar-refractivity contribution >= 4 is 11.8 Å². The van der Waals surface area contributed by atoms with Gasteiger partial charge >= 0.3 is 0 Å². The highest BCUT2D eigenvalue weighted by atomic mass is 32.2. The summed E-state index contributed by atoms with van der Waals surface area (Å²) in [5.74, 6) is 1.82. The highest BCUT2D eigenvalue weighted by Gasteiger charge is 2.11. The van der Waals surface area contributed by atoms with Crippen molar-refractivity contribution in [3.8, 4) is 0 Å². The standard InChI is InChI=1S/C11H15NS/c1-8(2)10-6-11-9(7-12-10)4-3-5-13-11/h6-8H,3-5H2,1-2H3. The molecular formula is C11H15NS. The predicted octanol–water partition coefficient (Wildman–Crippen LogP) is 3.24. The first-order chi connectivity index (χ1) is 6.27. The third kappa shape index (κ3) is 1.88. The molecule has 2 rings (SSSR count). The summed E-state index contributed by atoms with van der Waals surface area (Å²) in [7, 11) is 0. The van der Waals surface area contributed by atoms with Gasteiger partial charge in [0.15, 0.2) is 0 Å². The lowest BCUT2D eigenvalue weighted by molar-refractivity contribution is 0.797. The third-order valence-electron chi connectivity index (χ3n) is 2.40. The van der Waals surface area contributed by atoms with Gasteiger partial charge in [0.05, 0.1) is 0 Å². The molecule has 0 unspecified atom stereocenters. The Kier molecular flexibility index (Phi) is 2.58. The van der Waals surface area contributed by atoms with E-state index in [0.29, 0.717) is 5.92 Å². The molecule has 1 aromatic heterocycles. The van der Waals surface area contributed by atoms with Crippen LogP contribution in [0.1, 0.15) is 37.4 Å². The number of aromatic nitrogens is 1. The van der Waals surface area contributed by atoms with Crippen molar-refractivity contribution in [2.75, 3.05) is 5.75 Å². The van der Waals surface area contributed by atoms with Crippen molar-refractivity contribution in [2.24, 2.45) is 0 Å². The molecule has 13 heavy (non-hydrogen) atoms. The molecule has 0 aromatic carbocycles. The van der Waals surface area contributed by atoms with Crippen molar-refractivity contribution in [3.63, 3.8) is 0 Å². The van der Waals surface area contributed by atoms with Crippen LogP contribution < -0.4 is 0 Å². The first-order valence-electron chi connectivity index (χ1n) is 4.89. The monoisotopic (exact) mass is 193 g/mol. The van der Waals surface area contributed by atoms with Crippen LogP contribution in [-0.2, 0) is 6.42 Å². The molecule has 0 atom stereocenters. The van der Waals surface area contributed by atoms with Gasteiger partial charge in [-0.15, -0.1) is 11.8 Å². The largest absolute Gasteiger partial charge is 0.261 e. The smallest absolute Gasteiger partial charge is 0.0440 e. The second kappa shape index (κ2) is 3.70. The highest BCUT2D eigenvalue weighted by Crippen LogP contribution is 2.30. The number of fused-ring (bicyclic) bond motifs is 1. The van der Waals surface area contributed by atoms with Crippen LogP contribution in [0.25, 0.3) is 0 Å². The Bertz CT molecular complexity index is 307. The summed E-state index contributed by atoms with van der Waals surface area (Å²) in [6.07, 6.45) is 4.59. The minimum Gasteiger partial charge on any atom is -0.261 e. The van der Waals surface area contributed by atoms with Crippen LogP contribution in [0.2, 0.25) is 0 Å². The van der Waals surface area contributed by atoms with Gasteiger partial charge in [0.1, 0.15) is 0 Å². The Morgan fingerprint density at radius 1 is 1.46 bits per heavy atom. The molecule has 1 aliphatic rings. The van der Waals surface area contributed by atoms with E-state index in [1.54, 1.807) is 0 Å². The van der Waals surface area contributed by atoms with Crippen molar-refractivity contribution in [1.82, 2.24) is 4.98 Å². The molecule has 2 heterocycles. The summed E-state index contributed by atoms with van der Waals surface area (Å²) in [6.45, 7) is 4.39. The quantitative estimate of drug-likeness (QED) is 0.679. The summed E-state index contributed by atoms with van der Waals surface area (Å²) in [6, 6.07) is 2.27. The van der Waals surface area contributed by atoms with E-state index in [1.807, 2.05) is 11.8 Å². The van der Waals surface area contributed by atoms with Crippen molar-refractivity contribution in [2.45, 2.75) is 37.5 Å². The SMILES string of the molecule is CC(C)c1cc2c(cn1)CCCS2. The Morgan fingerprint density at radius 3 is 3.08 bits per heavy atom. The summed E-state index contributed by atoms with van der Waals surface area (Å²) < 4.78 is 0. The van der Waals surface area contributed by atoms with Crippen LogP contribution in [0.3, 0.4) is 0 Å². The molecule has 70 valence electrons. The molecule has 0 saturated heterocycles. The molecule has 2 heteroatoms. The van der Waals surface area contributed by atoms with E-state index in [0.717, 1.165) is 0 Å². The maximum atomic E-state index is 4.48. The van der Waals surface area contributed by atoms with E-state index in [1.165, 1.54) is 34.7 Å². The highest BCUT2D eigenvalue weighted by molar-refractivity contribution is 7.99. The van der Waals surface area contributed by atoms with Gasteiger partial charge in [0.2, 0.25) is 0 Å². The molecule has 0 amide bonds. The first kappa shape index (κ1) is 9.07. The molecule has 1 aromatic rings. The minimum absolute atomic E-state index is 0.549. The fraction of sp³-hybridized carbons (Fsp3) is 0.545. The molecule has 0 bridgehead atoms. The van der Waals surface area contributed by atoms with Crippen molar-refractivity contribution in [3.05, 3.63) is 23.5 Å². The first-order valence-corrected chi connectivity index (χ1v) is 5.87. The molecule has 1 aliphatic heterocycles. The Morgan fingerprint density at radius 2 is 2.31 bits per heavy atom. The zero-order chi connectivity index (χ0) is 9.26. The zero-order valence-electron chi connectivity index (χ0n) is 8.21. The number of aryl methyl sites for hydroxylation is 1. The van der Waals surface area contributed by atoms with Crippen LogP contribution in [0.5, 0.6) is 0 Å². The number of hydrogen-bond acceptors (Lipinski definition) is 2. The number of pyridine rings is 1. The Labute approximate surface area is 84.0 Å². The zero-order valence-corrected chi connectivity index (χ0v) is 9.03. The third-order valence-corrected chi connectivity index (χ3v) is 3.59. The van der Waals surface area contributed by atoms with Crippen LogP contribution in [0.15, 0.2) is 17.2 Å². The average Bonchev–Trinajstić information content (AvgIpc) is 2.17. The summed E-state index contributed by atoms with van der Waals surface area (Å²) in [5, 5.41) is 0. The van der Waals surface area contributed by atoms with Gasteiger partial charge in [-0.05, 0) is 36.1 Å². The maximum absolute atomic E-state index is 4.48. The average molecular weight is 193 g/mol. The van der Waals surface area contributed by atoms with Gasteiger partial charge < -0.3 is 0 Å². The van der Waals surface area contributed by atoms with E-state index >= 15 is 0 Å². The second-order valence-electron chi connectivity index (χ2n) is 3.82. The molecule has 0 spiro atoms. The number of thioether (sulfide) groups is 1. The van der Waals surface area contributed by atoms with Gasteiger partial charge in [0.25, 0.3) is 0 Å². The van der Waals surface area contributed by atoms with E-state index in [2.05, 4.69) is 31.1 Å². The van der Waals surface area contributed by atoms with Crippen LogP contribution in [0.4, 0.5) is 0 Å². The van der Waals surface area contributed by atoms with Gasteiger partial charge in [-0.25, -0.2) is 0 Å². The molecule has 1 nitrogen and oxygen atoms in total.